The smallest absolute Gasteiger partial charge is 0.0659 e. The molecule has 0 radical (unpaired) electrons. The zero-order valence-electron chi connectivity index (χ0n) is 8.59. The second-order valence-corrected chi connectivity index (χ2v) is 4.95. The van der Waals surface area contributed by atoms with E-state index in [1.54, 1.807) is 0 Å². The highest BCUT2D eigenvalue weighted by Gasteiger charge is 2.24. The molecule has 1 aromatic carbocycles. The molecule has 1 aliphatic carbocycles. The maximum atomic E-state index is 5.83. The fourth-order valence-electron chi connectivity index (χ4n) is 2.05. The highest BCUT2D eigenvalue weighted by molar-refractivity contribution is 9.10. The van der Waals surface area contributed by atoms with Crippen molar-refractivity contribution in [1.82, 2.24) is 0 Å². The Bertz CT molecular complexity index is 333. The third kappa shape index (κ3) is 2.01. The average Bonchev–Trinajstić information content (AvgIpc) is 2.47. The zero-order valence-corrected chi connectivity index (χ0v) is 10.2. The van der Waals surface area contributed by atoms with Gasteiger partial charge in [-0.3, -0.25) is 0 Å². The molecule has 0 saturated carbocycles. The molecule has 0 saturated heterocycles. The molecule has 0 spiro atoms. The molecule has 0 aliphatic heterocycles. The predicted molar refractivity (Wildman–Crippen MR) is 61.6 cm³/mol. The summed E-state index contributed by atoms with van der Waals surface area (Å²) >= 11 is 3.59. The molecule has 76 valence electrons. The van der Waals surface area contributed by atoms with Crippen molar-refractivity contribution >= 4 is 15.9 Å². The van der Waals surface area contributed by atoms with E-state index < -0.39 is 0 Å². The number of benzene rings is 1. The van der Waals surface area contributed by atoms with Crippen molar-refractivity contribution in [2.75, 3.05) is 0 Å². The SMILES string of the molecule is CC(C)O[C@H]1Cc2cccc(Br)c2C1. The Kier molecular flexibility index (Phi) is 2.93. The lowest BCUT2D eigenvalue weighted by Crippen LogP contribution is -2.17. The lowest BCUT2D eigenvalue weighted by atomic mass is 10.1. The van der Waals surface area contributed by atoms with Crippen LogP contribution in [0.15, 0.2) is 22.7 Å². The van der Waals surface area contributed by atoms with Crippen LogP contribution in [0, 0.1) is 0 Å². The van der Waals surface area contributed by atoms with Crippen LogP contribution in [0.25, 0.3) is 0 Å². The second-order valence-electron chi connectivity index (χ2n) is 4.09. The van der Waals surface area contributed by atoms with Crippen LogP contribution in [0.2, 0.25) is 0 Å². The summed E-state index contributed by atoms with van der Waals surface area (Å²) in [5.74, 6) is 0. The van der Waals surface area contributed by atoms with Gasteiger partial charge >= 0.3 is 0 Å². The van der Waals surface area contributed by atoms with E-state index in [1.165, 1.54) is 15.6 Å². The van der Waals surface area contributed by atoms with Crippen LogP contribution in [-0.2, 0) is 17.6 Å². The van der Waals surface area contributed by atoms with Crippen molar-refractivity contribution < 1.29 is 4.74 Å². The Labute approximate surface area is 93.6 Å². The quantitative estimate of drug-likeness (QED) is 0.787. The van der Waals surface area contributed by atoms with E-state index in [2.05, 4.69) is 48.0 Å². The molecule has 2 heteroatoms. The lowest BCUT2D eigenvalue weighted by molar-refractivity contribution is 0.0145. The summed E-state index contributed by atoms with van der Waals surface area (Å²) in [6.07, 6.45) is 2.82. The summed E-state index contributed by atoms with van der Waals surface area (Å²) in [6.45, 7) is 4.19. The molecule has 0 unspecified atom stereocenters. The zero-order chi connectivity index (χ0) is 10.1. The monoisotopic (exact) mass is 254 g/mol. The first-order chi connectivity index (χ1) is 6.66. The average molecular weight is 255 g/mol. The van der Waals surface area contributed by atoms with Gasteiger partial charge in [-0.05, 0) is 37.5 Å². The van der Waals surface area contributed by atoms with E-state index in [9.17, 15) is 0 Å². The maximum absolute atomic E-state index is 5.83. The summed E-state index contributed by atoms with van der Waals surface area (Å²) in [4.78, 5) is 0. The second kappa shape index (κ2) is 4.03. The molecule has 0 amide bonds. The first-order valence-corrected chi connectivity index (χ1v) is 5.88. The topological polar surface area (TPSA) is 9.23 Å². The van der Waals surface area contributed by atoms with Gasteiger partial charge in [-0.15, -0.1) is 0 Å². The van der Waals surface area contributed by atoms with E-state index in [1.807, 2.05) is 0 Å². The van der Waals surface area contributed by atoms with Crippen LogP contribution in [-0.4, -0.2) is 12.2 Å². The van der Waals surface area contributed by atoms with E-state index >= 15 is 0 Å². The van der Waals surface area contributed by atoms with Crippen LogP contribution >= 0.6 is 15.9 Å². The van der Waals surface area contributed by atoms with Gasteiger partial charge in [-0.1, -0.05) is 28.1 Å². The van der Waals surface area contributed by atoms with Gasteiger partial charge in [0, 0.05) is 10.9 Å². The molecule has 0 aromatic heterocycles. The van der Waals surface area contributed by atoms with Gasteiger partial charge in [0.05, 0.1) is 12.2 Å². The van der Waals surface area contributed by atoms with Crippen molar-refractivity contribution in [2.45, 2.75) is 38.9 Å². The Morgan fingerprint density at radius 1 is 1.36 bits per heavy atom. The summed E-state index contributed by atoms with van der Waals surface area (Å²) < 4.78 is 7.05. The Balaban J connectivity index is 2.14. The molecule has 1 atom stereocenters. The highest BCUT2D eigenvalue weighted by atomic mass is 79.9. The fourth-order valence-corrected chi connectivity index (χ4v) is 2.62. The number of hydrogen-bond acceptors (Lipinski definition) is 1. The van der Waals surface area contributed by atoms with Crippen molar-refractivity contribution in [3.05, 3.63) is 33.8 Å². The number of fused-ring (bicyclic) bond motifs is 1. The maximum Gasteiger partial charge on any atom is 0.0659 e. The molecule has 0 fully saturated rings. The van der Waals surface area contributed by atoms with Gasteiger partial charge in [0.15, 0.2) is 0 Å². The predicted octanol–water partition coefficient (Wildman–Crippen LogP) is 3.34. The van der Waals surface area contributed by atoms with E-state index in [0.717, 1.165) is 12.8 Å². The Morgan fingerprint density at radius 2 is 2.14 bits per heavy atom. The first-order valence-electron chi connectivity index (χ1n) is 5.08. The van der Waals surface area contributed by atoms with E-state index in [-0.39, 0.29) is 0 Å². The number of ether oxygens (including phenoxy) is 1. The molecular formula is C12H15BrO. The van der Waals surface area contributed by atoms with Crippen molar-refractivity contribution in [3.8, 4) is 0 Å². The van der Waals surface area contributed by atoms with E-state index in [0.29, 0.717) is 12.2 Å². The van der Waals surface area contributed by atoms with Gasteiger partial charge in [0.25, 0.3) is 0 Å². The largest absolute Gasteiger partial charge is 0.375 e. The van der Waals surface area contributed by atoms with Crippen molar-refractivity contribution in [3.63, 3.8) is 0 Å². The summed E-state index contributed by atoms with van der Waals surface area (Å²) in [7, 11) is 0. The molecule has 1 aromatic rings. The third-order valence-corrected chi connectivity index (χ3v) is 3.30. The first kappa shape index (κ1) is 10.2. The Morgan fingerprint density at radius 3 is 2.79 bits per heavy atom. The Hall–Kier alpha value is -0.340. The van der Waals surface area contributed by atoms with Gasteiger partial charge in [-0.25, -0.2) is 0 Å². The van der Waals surface area contributed by atoms with E-state index in [4.69, 9.17) is 4.74 Å². The summed E-state index contributed by atoms with van der Waals surface area (Å²) in [5, 5.41) is 0. The molecule has 1 aliphatic rings. The number of hydrogen-bond donors (Lipinski definition) is 0. The normalized spacial score (nSPS) is 20.1. The molecule has 14 heavy (non-hydrogen) atoms. The third-order valence-electron chi connectivity index (χ3n) is 2.56. The van der Waals surface area contributed by atoms with Crippen LogP contribution in [0.1, 0.15) is 25.0 Å². The molecule has 0 N–H and O–H groups in total. The number of halogens is 1. The fraction of sp³-hybridized carbons (Fsp3) is 0.500. The minimum Gasteiger partial charge on any atom is -0.375 e. The van der Waals surface area contributed by atoms with Crippen LogP contribution < -0.4 is 0 Å². The minimum absolute atomic E-state index is 0.327. The lowest BCUT2D eigenvalue weighted by Gasteiger charge is -2.14. The standard InChI is InChI=1S/C12H15BrO/c1-8(2)14-10-6-9-4-3-5-12(13)11(9)7-10/h3-5,8,10H,6-7H2,1-2H3/t10-/m0/s1. The molecule has 0 bridgehead atoms. The van der Waals surface area contributed by atoms with Crippen molar-refractivity contribution in [1.29, 1.82) is 0 Å². The van der Waals surface area contributed by atoms with Crippen LogP contribution in [0.3, 0.4) is 0 Å². The van der Waals surface area contributed by atoms with Crippen LogP contribution in [0.5, 0.6) is 0 Å². The van der Waals surface area contributed by atoms with Gasteiger partial charge in [0.2, 0.25) is 0 Å². The van der Waals surface area contributed by atoms with Crippen molar-refractivity contribution in [2.24, 2.45) is 0 Å². The highest BCUT2D eigenvalue weighted by Crippen LogP contribution is 2.30. The molecule has 1 nitrogen and oxygen atoms in total. The van der Waals surface area contributed by atoms with Crippen LogP contribution in [0.4, 0.5) is 0 Å². The minimum atomic E-state index is 0.327. The molecular weight excluding hydrogens is 240 g/mol. The number of rotatable bonds is 2. The van der Waals surface area contributed by atoms with Gasteiger partial charge in [-0.2, -0.15) is 0 Å². The summed E-state index contributed by atoms with van der Waals surface area (Å²) in [5.41, 5.74) is 2.86. The molecule has 2 rings (SSSR count). The molecule has 0 heterocycles. The summed E-state index contributed by atoms with van der Waals surface area (Å²) in [6, 6.07) is 6.40. The van der Waals surface area contributed by atoms with Gasteiger partial charge in [0.1, 0.15) is 0 Å². The van der Waals surface area contributed by atoms with Gasteiger partial charge < -0.3 is 4.74 Å².